The summed E-state index contributed by atoms with van der Waals surface area (Å²) >= 11 is 0. The number of anilines is 1. The van der Waals surface area contributed by atoms with E-state index in [1.54, 1.807) is 0 Å². The van der Waals surface area contributed by atoms with Gasteiger partial charge in [0, 0.05) is 24.2 Å². The van der Waals surface area contributed by atoms with Gasteiger partial charge >= 0.3 is 0 Å². The van der Waals surface area contributed by atoms with E-state index in [9.17, 15) is 0 Å². The predicted octanol–water partition coefficient (Wildman–Crippen LogP) is 3.81. The molecule has 0 aliphatic heterocycles. The number of nitrogens with zero attached hydrogens (tertiary/aromatic N) is 2. The van der Waals surface area contributed by atoms with Gasteiger partial charge in [0.1, 0.15) is 0 Å². The molecular formula is C18H20N4O. The summed E-state index contributed by atoms with van der Waals surface area (Å²) in [5.74, 6) is 1.27. The molecule has 23 heavy (non-hydrogen) atoms. The van der Waals surface area contributed by atoms with Crippen molar-refractivity contribution < 1.29 is 4.42 Å². The third-order valence-electron chi connectivity index (χ3n) is 3.43. The highest BCUT2D eigenvalue weighted by molar-refractivity contribution is 5.53. The molecule has 0 bridgehead atoms. The Hall–Kier alpha value is -2.66. The van der Waals surface area contributed by atoms with Gasteiger partial charge in [-0.2, -0.15) is 0 Å². The van der Waals surface area contributed by atoms with E-state index in [0.717, 1.165) is 30.6 Å². The second kappa shape index (κ2) is 7.56. The Kier molecular flexibility index (Phi) is 5.01. The Balaban J connectivity index is 1.56. The average molecular weight is 308 g/mol. The molecule has 0 saturated carbocycles. The first-order valence-electron chi connectivity index (χ1n) is 7.81. The van der Waals surface area contributed by atoms with E-state index in [1.807, 2.05) is 42.5 Å². The number of hydrogen-bond acceptors (Lipinski definition) is 5. The molecule has 118 valence electrons. The first kappa shape index (κ1) is 15.2. The smallest absolute Gasteiger partial charge is 0.247 e. The standard InChI is InChI=1S/C18H20N4O/c1-2-6-17-21-22-18(23-17)15-11-9-14(10-12-15)13-19-20-16-7-4-3-5-8-16/h3-5,7-12,19-20H,2,6,13H2,1H3. The van der Waals surface area contributed by atoms with Crippen LogP contribution >= 0.6 is 0 Å². The van der Waals surface area contributed by atoms with E-state index in [1.165, 1.54) is 5.56 Å². The minimum absolute atomic E-state index is 0.579. The zero-order chi connectivity index (χ0) is 15.9. The number of aromatic nitrogens is 2. The van der Waals surface area contributed by atoms with Gasteiger partial charge in [-0.15, -0.1) is 10.2 Å². The monoisotopic (exact) mass is 308 g/mol. The van der Waals surface area contributed by atoms with Gasteiger partial charge in [-0.25, -0.2) is 5.43 Å². The lowest BCUT2D eigenvalue weighted by Gasteiger charge is -2.08. The minimum Gasteiger partial charge on any atom is -0.421 e. The summed E-state index contributed by atoms with van der Waals surface area (Å²) in [6, 6.07) is 18.1. The molecule has 5 heteroatoms. The Morgan fingerprint density at radius 2 is 1.74 bits per heavy atom. The second-order valence-electron chi connectivity index (χ2n) is 5.29. The van der Waals surface area contributed by atoms with Crippen LogP contribution in [-0.2, 0) is 13.0 Å². The maximum absolute atomic E-state index is 5.64. The summed E-state index contributed by atoms with van der Waals surface area (Å²) in [7, 11) is 0. The van der Waals surface area contributed by atoms with E-state index in [2.05, 4.69) is 40.1 Å². The highest BCUT2D eigenvalue weighted by Crippen LogP contribution is 2.19. The van der Waals surface area contributed by atoms with Crippen molar-refractivity contribution >= 4 is 5.69 Å². The highest BCUT2D eigenvalue weighted by atomic mass is 16.4. The number of hydrazine groups is 1. The van der Waals surface area contributed by atoms with Crippen LogP contribution in [0.5, 0.6) is 0 Å². The fourth-order valence-corrected chi connectivity index (χ4v) is 2.22. The van der Waals surface area contributed by atoms with Gasteiger partial charge in [-0.05, 0) is 36.2 Å². The van der Waals surface area contributed by atoms with Gasteiger partial charge in [-0.1, -0.05) is 37.3 Å². The molecule has 2 N–H and O–H groups in total. The summed E-state index contributed by atoms with van der Waals surface area (Å²) in [4.78, 5) is 0. The van der Waals surface area contributed by atoms with Crippen LogP contribution in [-0.4, -0.2) is 10.2 Å². The van der Waals surface area contributed by atoms with Crippen LogP contribution in [0.15, 0.2) is 59.0 Å². The lowest BCUT2D eigenvalue weighted by atomic mass is 10.1. The molecule has 1 heterocycles. The molecule has 0 aliphatic carbocycles. The van der Waals surface area contributed by atoms with Gasteiger partial charge in [0.15, 0.2) is 0 Å². The number of nitrogens with one attached hydrogen (secondary N) is 2. The molecule has 3 aromatic rings. The van der Waals surface area contributed by atoms with E-state index in [-0.39, 0.29) is 0 Å². The fraction of sp³-hybridized carbons (Fsp3) is 0.222. The molecule has 0 unspecified atom stereocenters. The van der Waals surface area contributed by atoms with Crippen molar-refractivity contribution in [3.8, 4) is 11.5 Å². The van der Waals surface area contributed by atoms with Crippen LogP contribution in [0.4, 0.5) is 5.69 Å². The van der Waals surface area contributed by atoms with Crippen LogP contribution < -0.4 is 10.9 Å². The molecule has 0 saturated heterocycles. The van der Waals surface area contributed by atoms with Crippen molar-refractivity contribution in [1.82, 2.24) is 15.6 Å². The van der Waals surface area contributed by atoms with E-state index >= 15 is 0 Å². The molecule has 0 aliphatic rings. The van der Waals surface area contributed by atoms with Gasteiger partial charge in [0.2, 0.25) is 11.8 Å². The lowest BCUT2D eigenvalue weighted by molar-refractivity contribution is 0.502. The van der Waals surface area contributed by atoms with E-state index in [0.29, 0.717) is 11.8 Å². The topological polar surface area (TPSA) is 63.0 Å². The maximum atomic E-state index is 5.64. The van der Waals surface area contributed by atoms with Crippen molar-refractivity contribution in [2.45, 2.75) is 26.3 Å². The molecule has 2 aromatic carbocycles. The Bertz CT molecular complexity index is 722. The van der Waals surface area contributed by atoms with Crippen LogP contribution in [0.1, 0.15) is 24.8 Å². The van der Waals surface area contributed by atoms with Gasteiger partial charge in [0.25, 0.3) is 0 Å². The Morgan fingerprint density at radius 3 is 2.48 bits per heavy atom. The van der Waals surface area contributed by atoms with Crippen LogP contribution in [0, 0.1) is 0 Å². The molecule has 0 fully saturated rings. The molecule has 5 nitrogen and oxygen atoms in total. The Labute approximate surface area is 135 Å². The summed E-state index contributed by atoms with van der Waals surface area (Å²) in [5, 5.41) is 8.14. The second-order valence-corrected chi connectivity index (χ2v) is 5.29. The third kappa shape index (κ3) is 4.17. The summed E-state index contributed by atoms with van der Waals surface area (Å²) in [6.07, 6.45) is 1.82. The first-order valence-corrected chi connectivity index (χ1v) is 7.81. The van der Waals surface area contributed by atoms with Crippen molar-refractivity contribution in [3.05, 3.63) is 66.1 Å². The minimum atomic E-state index is 0.579. The first-order chi connectivity index (χ1) is 11.3. The molecule has 0 radical (unpaired) electrons. The van der Waals surface area contributed by atoms with Crippen molar-refractivity contribution in [3.63, 3.8) is 0 Å². The highest BCUT2D eigenvalue weighted by Gasteiger charge is 2.07. The van der Waals surface area contributed by atoms with Crippen molar-refractivity contribution in [1.29, 1.82) is 0 Å². The summed E-state index contributed by atoms with van der Waals surface area (Å²) < 4.78 is 5.64. The molecule has 0 amide bonds. The predicted molar refractivity (Wildman–Crippen MR) is 90.6 cm³/mol. The average Bonchev–Trinajstić information content (AvgIpc) is 3.06. The summed E-state index contributed by atoms with van der Waals surface area (Å²) in [6.45, 7) is 2.81. The van der Waals surface area contributed by atoms with Crippen LogP contribution in [0.3, 0.4) is 0 Å². The molecule has 1 aromatic heterocycles. The van der Waals surface area contributed by atoms with E-state index in [4.69, 9.17) is 4.42 Å². The van der Waals surface area contributed by atoms with Crippen LogP contribution in [0.25, 0.3) is 11.5 Å². The number of aryl methyl sites for hydroxylation is 1. The normalized spacial score (nSPS) is 10.7. The number of hydrogen-bond donors (Lipinski definition) is 2. The van der Waals surface area contributed by atoms with Crippen molar-refractivity contribution in [2.24, 2.45) is 0 Å². The fourth-order valence-electron chi connectivity index (χ4n) is 2.22. The van der Waals surface area contributed by atoms with E-state index < -0.39 is 0 Å². The van der Waals surface area contributed by atoms with Gasteiger partial charge in [0.05, 0.1) is 0 Å². The molecular weight excluding hydrogens is 288 g/mol. The third-order valence-corrected chi connectivity index (χ3v) is 3.43. The number of benzene rings is 2. The lowest BCUT2D eigenvalue weighted by Crippen LogP contribution is -2.20. The van der Waals surface area contributed by atoms with Gasteiger partial charge in [-0.3, -0.25) is 0 Å². The van der Waals surface area contributed by atoms with Gasteiger partial charge < -0.3 is 9.84 Å². The molecule has 0 spiro atoms. The quantitative estimate of drug-likeness (QED) is 0.650. The largest absolute Gasteiger partial charge is 0.421 e. The molecule has 0 atom stereocenters. The number of para-hydroxylation sites is 1. The summed E-state index contributed by atoms with van der Waals surface area (Å²) in [5.41, 5.74) is 9.52. The van der Waals surface area contributed by atoms with Crippen molar-refractivity contribution in [2.75, 3.05) is 5.43 Å². The SMILES string of the molecule is CCCc1nnc(-c2ccc(CNNc3ccccc3)cc2)o1. The molecule has 3 rings (SSSR count). The number of rotatable bonds is 7. The zero-order valence-corrected chi connectivity index (χ0v) is 13.1. The Morgan fingerprint density at radius 1 is 0.957 bits per heavy atom. The van der Waals surface area contributed by atoms with Crippen LogP contribution in [0.2, 0.25) is 0 Å². The maximum Gasteiger partial charge on any atom is 0.247 e. The zero-order valence-electron chi connectivity index (χ0n) is 13.1.